The Morgan fingerprint density at radius 1 is 1.07 bits per heavy atom. The van der Waals surface area contributed by atoms with E-state index in [-0.39, 0.29) is 49.1 Å². The van der Waals surface area contributed by atoms with Crippen molar-refractivity contribution in [1.82, 2.24) is 41.3 Å². The number of carbonyl (C=O) groups is 2. The van der Waals surface area contributed by atoms with Gasteiger partial charge in [0.2, 0.25) is 11.8 Å². The lowest BCUT2D eigenvalue weighted by Crippen LogP contribution is -2.73. The Morgan fingerprint density at radius 2 is 1.87 bits per heavy atom. The summed E-state index contributed by atoms with van der Waals surface area (Å²) in [4.78, 5) is 31.5. The quantitative estimate of drug-likeness (QED) is 0.151. The summed E-state index contributed by atoms with van der Waals surface area (Å²) in [6, 6.07) is 0.135. The molecule has 6 fully saturated rings. The van der Waals surface area contributed by atoms with Crippen LogP contribution in [0.5, 0.6) is 0 Å². The molecule has 5 saturated heterocycles. The van der Waals surface area contributed by atoms with Gasteiger partial charge in [-0.15, -0.1) is 0 Å². The van der Waals surface area contributed by atoms with E-state index in [1.54, 1.807) is 6.92 Å². The van der Waals surface area contributed by atoms with Gasteiger partial charge in [-0.05, 0) is 50.5 Å². The van der Waals surface area contributed by atoms with Gasteiger partial charge < -0.3 is 34.4 Å². The maximum absolute atomic E-state index is 13.4. The highest BCUT2D eigenvalue weighted by atomic mass is 16.6. The van der Waals surface area contributed by atoms with Gasteiger partial charge in [-0.2, -0.15) is 0 Å². The molecule has 6 aliphatic rings. The van der Waals surface area contributed by atoms with Crippen LogP contribution in [0.15, 0.2) is 0 Å². The molecule has 0 radical (unpaired) electrons. The fraction of sp³-hybridized carbons (Fsp3) is 0.938. The molecule has 1 aliphatic carbocycles. The number of rotatable bonds is 11. The monoisotopic (exact) mass is 650 g/mol. The summed E-state index contributed by atoms with van der Waals surface area (Å²) in [6.45, 7) is 14.4. The molecule has 5 heterocycles. The van der Waals surface area contributed by atoms with E-state index >= 15 is 0 Å². The van der Waals surface area contributed by atoms with Gasteiger partial charge in [-0.3, -0.25) is 35.8 Å². The second kappa shape index (κ2) is 15.8. The Morgan fingerprint density at radius 3 is 2.61 bits per heavy atom. The molecule has 46 heavy (non-hydrogen) atoms. The van der Waals surface area contributed by atoms with Crippen molar-refractivity contribution in [3.63, 3.8) is 0 Å². The van der Waals surface area contributed by atoms with E-state index in [0.29, 0.717) is 76.4 Å². The van der Waals surface area contributed by atoms with Crippen molar-refractivity contribution in [2.45, 2.75) is 95.3 Å². The van der Waals surface area contributed by atoms with Gasteiger partial charge in [0.15, 0.2) is 0 Å². The highest BCUT2D eigenvalue weighted by Gasteiger charge is 2.42. The van der Waals surface area contributed by atoms with Crippen LogP contribution >= 0.6 is 0 Å². The minimum atomic E-state index is -0.627. The zero-order valence-electron chi connectivity index (χ0n) is 28.0. The third-order valence-electron chi connectivity index (χ3n) is 11.4. The van der Waals surface area contributed by atoms with Crippen molar-refractivity contribution in [2.24, 2.45) is 17.8 Å². The van der Waals surface area contributed by atoms with Gasteiger partial charge in [0, 0.05) is 71.2 Å². The van der Waals surface area contributed by atoms with Crippen LogP contribution in [0.2, 0.25) is 0 Å². The SMILES string of the molecule is CC(=O)N1CC(NC2CC(C(=O)NC[C@H](O)CN3CCC4C(CCC(OCC5OCNC5C)C4C)C3)NC(N3CCOCC3)N2)C1. The number of morpholine rings is 1. The third-order valence-corrected chi connectivity index (χ3v) is 11.4. The summed E-state index contributed by atoms with van der Waals surface area (Å²) >= 11 is 0. The molecule has 9 unspecified atom stereocenters. The molecule has 10 atom stereocenters. The summed E-state index contributed by atoms with van der Waals surface area (Å²) in [7, 11) is 0. The predicted molar refractivity (Wildman–Crippen MR) is 171 cm³/mol. The second-order valence-electron chi connectivity index (χ2n) is 14.5. The molecule has 0 spiro atoms. The number of carbonyl (C=O) groups excluding carboxylic acids is 2. The topological polar surface area (TPSA) is 152 Å². The van der Waals surface area contributed by atoms with Crippen molar-refractivity contribution in [3.8, 4) is 0 Å². The fourth-order valence-corrected chi connectivity index (χ4v) is 8.39. The first kappa shape index (κ1) is 34.4. The first-order valence-corrected chi connectivity index (χ1v) is 17.7. The molecule has 0 aromatic heterocycles. The molecule has 6 rings (SSSR count). The number of nitrogens with zero attached hydrogens (tertiary/aromatic N) is 3. The van der Waals surface area contributed by atoms with E-state index in [9.17, 15) is 14.7 Å². The number of aliphatic hydroxyl groups excluding tert-OH is 1. The maximum atomic E-state index is 13.4. The second-order valence-corrected chi connectivity index (χ2v) is 14.5. The van der Waals surface area contributed by atoms with Gasteiger partial charge in [0.25, 0.3) is 0 Å². The molecule has 262 valence electrons. The highest BCUT2D eigenvalue weighted by Crippen LogP contribution is 2.41. The Bertz CT molecular complexity index is 1020. The summed E-state index contributed by atoms with van der Waals surface area (Å²) in [6.07, 6.45) is 3.46. The summed E-state index contributed by atoms with van der Waals surface area (Å²) in [5.41, 5.74) is 0. The number of ether oxygens (including phenoxy) is 3. The fourth-order valence-electron chi connectivity index (χ4n) is 8.39. The summed E-state index contributed by atoms with van der Waals surface area (Å²) < 4.78 is 17.7. The number of amides is 2. The van der Waals surface area contributed by atoms with Gasteiger partial charge in [-0.1, -0.05) is 6.92 Å². The molecule has 14 nitrogen and oxygen atoms in total. The molecular weight excluding hydrogens is 592 g/mol. The third kappa shape index (κ3) is 8.57. The van der Waals surface area contributed by atoms with E-state index < -0.39 is 12.1 Å². The van der Waals surface area contributed by atoms with Crippen LogP contribution in [0.25, 0.3) is 0 Å². The van der Waals surface area contributed by atoms with Gasteiger partial charge in [0.1, 0.15) is 6.29 Å². The van der Waals surface area contributed by atoms with Crippen molar-refractivity contribution in [3.05, 3.63) is 0 Å². The average molecular weight is 651 g/mol. The molecule has 14 heteroatoms. The minimum absolute atomic E-state index is 0.0744. The number of fused-ring (bicyclic) bond motifs is 1. The lowest BCUT2D eigenvalue weighted by Gasteiger charge is -2.47. The van der Waals surface area contributed by atoms with Crippen LogP contribution in [0.3, 0.4) is 0 Å². The number of piperidine rings is 1. The molecule has 0 aromatic carbocycles. The molecule has 6 N–H and O–H groups in total. The number of hydrogen-bond donors (Lipinski definition) is 6. The van der Waals surface area contributed by atoms with Gasteiger partial charge in [0.05, 0.1) is 57.1 Å². The van der Waals surface area contributed by atoms with Crippen LogP contribution in [-0.4, -0.2) is 159 Å². The average Bonchev–Trinajstić information content (AvgIpc) is 3.45. The van der Waals surface area contributed by atoms with Crippen molar-refractivity contribution in [2.75, 3.05) is 78.9 Å². The first-order chi connectivity index (χ1) is 22.2. The number of aliphatic hydroxyl groups is 1. The number of β-amino-alcohol motifs (C(OH)–C–C–N with tert-alkyl or cyclic N) is 1. The number of likely N-dealkylation sites (tertiary alicyclic amines) is 2. The normalized spacial score (nSPS) is 38.6. The van der Waals surface area contributed by atoms with Crippen molar-refractivity contribution >= 4 is 11.8 Å². The zero-order valence-corrected chi connectivity index (χ0v) is 28.0. The van der Waals surface area contributed by atoms with Gasteiger partial charge >= 0.3 is 0 Å². The van der Waals surface area contributed by atoms with E-state index in [1.165, 1.54) is 0 Å². The van der Waals surface area contributed by atoms with Crippen molar-refractivity contribution in [1.29, 1.82) is 0 Å². The lowest BCUT2D eigenvalue weighted by atomic mass is 9.68. The Hall–Kier alpha value is -1.46. The Kier molecular flexibility index (Phi) is 11.8. The van der Waals surface area contributed by atoms with Crippen LogP contribution in [-0.2, 0) is 23.8 Å². The molecular formula is C32H58N8O6. The smallest absolute Gasteiger partial charge is 0.237 e. The van der Waals surface area contributed by atoms with Gasteiger partial charge in [-0.25, -0.2) is 0 Å². The predicted octanol–water partition coefficient (Wildman–Crippen LogP) is -1.74. The first-order valence-electron chi connectivity index (χ1n) is 17.7. The van der Waals surface area contributed by atoms with E-state index in [2.05, 4.69) is 50.2 Å². The molecule has 0 aromatic rings. The number of nitrogens with one attached hydrogen (secondary N) is 5. The maximum Gasteiger partial charge on any atom is 0.237 e. The molecule has 2 amide bonds. The zero-order chi connectivity index (χ0) is 32.2. The summed E-state index contributed by atoms with van der Waals surface area (Å²) in [5.74, 6) is 1.78. The largest absolute Gasteiger partial charge is 0.390 e. The minimum Gasteiger partial charge on any atom is -0.390 e. The molecule has 0 bridgehead atoms. The number of hydrogen-bond acceptors (Lipinski definition) is 12. The van der Waals surface area contributed by atoms with Crippen LogP contribution in [0, 0.1) is 17.8 Å². The van der Waals surface area contributed by atoms with E-state index in [0.717, 1.165) is 45.4 Å². The Balaban J connectivity index is 0.936. The van der Waals surface area contributed by atoms with E-state index in [1.807, 2.05) is 4.90 Å². The summed E-state index contributed by atoms with van der Waals surface area (Å²) in [5, 5.41) is 28.0. The highest BCUT2D eigenvalue weighted by molar-refractivity contribution is 5.82. The van der Waals surface area contributed by atoms with Crippen LogP contribution in [0.4, 0.5) is 0 Å². The van der Waals surface area contributed by atoms with Crippen LogP contribution < -0.4 is 26.6 Å². The van der Waals surface area contributed by atoms with E-state index in [4.69, 9.17) is 14.2 Å². The van der Waals surface area contributed by atoms with Crippen molar-refractivity contribution < 1.29 is 28.9 Å². The molecule has 5 aliphatic heterocycles. The van der Waals surface area contributed by atoms with Crippen LogP contribution in [0.1, 0.15) is 46.5 Å². The molecule has 1 saturated carbocycles. The standard InChI is InChI=1S/C32H58N8O6/c1-20-26-6-7-38(14-23(26)4-5-28(20)45-18-29-21(2)34-19-46-29)17-25(42)13-33-31(43)27-12-30(35-24-15-40(16-24)22(3)41)37-32(36-27)39-8-10-44-11-9-39/h20-21,23-30,32,34-37,42H,4-19H2,1-3H3,(H,33,43)/t20?,21?,23?,25-,26?,27?,28?,29?,30?,32?/m0/s1. The Labute approximate surface area is 274 Å². The lowest BCUT2D eigenvalue weighted by molar-refractivity contribution is -0.134.